The van der Waals surface area contributed by atoms with Crippen LogP contribution in [0.2, 0.25) is 0 Å². The number of ketones is 1. The quantitative estimate of drug-likeness (QED) is 0.353. The molecule has 0 saturated carbocycles. The number of carbonyl (C=O) groups is 4. The van der Waals surface area contributed by atoms with Gasteiger partial charge in [-0.05, 0) is 29.8 Å². The van der Waals surface area contributed by atoms with Crippen LogP contribution in [0.25, 0.3) is 10.4 Å². The van der Waals surface area contributed by atoms with Gasteiger partial charge in [-0.15, -0.1) is 24.5 Å². The van der Waals surface area contributed by atoms with Crippen molar-refractivity contribution in [1.29, 1.82) is 0 Å². The molecule has 35 heavy (non-hydrogen) atoms. The summed E-state index contributed by atoms with van der Waals surface area (Å²) in [5, 5.41) is 13.9. The Bertz CT molecular complexity index is 1160. The summed E-state index contributed by atoms with van der Waals surface area (Å²) >= 11 is 1.06. The second kappa shape index (κ2) is 11.7. The van der Waals surface area contributed by atoms with Crippen LogP contribution < -0.4 is 44.9 Å². The van der Waals surface area contributed by atoms with Gasteiger partial charge in [-0.25, -0.2) is 4.79 Å². The van der Waals surface area contributed by atoms with Crippen LogP contribution in [0.3, 0.4) is 0 Å². The number of amides is 3. The maximum atomic E-state index is 12.5. The number of hydrogen-bond donors (Lipinski definition) is 3. The molecule has 0 radical (unpaired) electrons. The van der Waals surface area contributed by atoms with Gasteiger partial charge >= 0.3 is 47.9 Å². The van der Waals surface area contributed by atoms with Crippen LogP contribution in [0.1, 0.15) is 18.8 Å². The van der Waals surface area contributed by atoms with Gasteiger partial charge in [0.2, 0.25) is 0 Å². The van der Waals surface area contributed by atoms with Gasteiger partial charge < -0.3 is 26.8 Å². The molecule has 0 bridgehead atoms. The molecule has 3 N–H and O–H groups in total. The first kappa shape index (κ1) is 28.4. The zero-order valence-electron chi connectivity index (χ0n) is 19.5. The molecule has 9 nitrogen and oxygen atoms in total. The predicted molar refractivity (Wildman–Crippen MR) is 115 cm³/mol. The normalized spacial score (nSPS) is 16.3. The summed E-state index contributed by atoms with van der Waals surface area (Å²) in [7, 11) is 1.41. The van der Waals surface area contributed by atoms with Crippen LogP contribution in [0.15, 0.2) is 48.7 Å². The number of carbonyl (C=O) groups excluding carboxylic acids is 3. The summed E-state index contributed by atoms with van der Waals surface area (Å²) in [4.78, 5) is 49.9. The van der Waals surface area contributed by atoms with E-state index >= 15 is 0 Å². The van der Waals surface area contributed by atoms with Gasteiger partial charge in [-0.2, -0.15) is 0 Å². The molecule has 2 aromatic rings. The zero-order valence-corrected chi connectivity index (χ0v) is 21.3. The maximum absolute atomic E-state index is 12.5. The first-order valence-corrected chi connectivity index (χ1v) is 10.5. The Morgan fingerprint density at radius 2 is 1.97 bits per heavy atom. The Balaban J connectivity index is 0.00000324. The largest absolute Gasteiger partial charge is 1.00 e. The summed E-state index contributed by atoms with van der Waals surface area (Å²) < 4.78 is 41.4. The van der Waals surface area contributed by atoms with E-state index in [9.17, 15) is 37.5 Å². The molecule has 0 saturated heterocycles. The van der Waals surface area contributed by atoms with E-state index in [0.29, 0.717) is 15.3 Å². The summed E-state index contributed by atoms with van der Waals surface area (Å²) in [6, 6.07) is 4.93. The number of halogens is 3. The van der Waals surface area contributed by atoms with Gasteiger partial charge in [0.15, 0.2) is 11.8 Å². The number of nitrogens with one attached hydrogen (secondary N) is 2. The number of urea groups is 1. The van der Waals surface area contributed by atoms with Crippen molar-refractivity contribution in [3.8, 4) is 16.2 Å². The Hall–Kier alpha value is -2.87. The smallest absolute Gasteiger partial charge is 1.00 e. The monoisotopic (exact) mass is 521 g/mol. The zero-order chi connectivity index (χ0) is 25.0. The third kappa shape index (κ3) is 7.82. The van der Waals surface area contributed by atoms with Gasteiger partial charge in [0.05, 0.1) is 12.5 Å². The predicted octanol–water partition coefficient (Wildman–Crippen LogP) is 0.169. The SMILES string of the molecule is CN1C=CC(=O)C(NC(=O)N[C@@H](CC(=O)O)c2ccc(-c3cccc(OC(F)(F)F)c3)s2)C1=O.[H-].[Na+]. The fraction of sp³-hybridized carbons (Fsp3) is 0.238. The van der Waals surface area contributed by atoms with E-state index in [1.165, 1.54) is 31.4 Å². The molecule has 0 spiro atoms. The summed E-state index contributed by atoms with van der Waals surface area (Å²) in [6.07, 6.45) is -2.98. The number of nitrogens with zero attached hydrogens (tertiary/aromatic N) is 1. The van der Waals surface area contributed by atoms with E-state index in [1.807, 2.05) is 0 Å². The second-order valence-electron chi connectivity index (χ2n) is 7.15. The molecule has 14 heteroatoms. The molecular weight excluding hydrogens is 502 g/mol. The van der Waals surface area contributed by atoms with E-state index in [1.54, 1.807) is 12.1 Å². The minimum atomic E-state index is -4.85. The van der Waals surface area contributed by atoms with Crippen LogP contribution in [-0.4, -0.2) is 53.1 Å². The molecule has 3 amide bonds. The molecule has 0 aliphatic carbocycles. The summed E-state index contributed by atoms with van der Waals surface area (Å²) in [5.41, 5.74) is 0.393. The van der Waals surface area contributed by atoms with Gasteiger partial charge in [0, 0.05) is 29.1 Å². The molecule has 1 unspecified atom stereocenters. The topological polar surface area (TPSA) is 125 Å². The summed E-state index contributed by atoms with van der Waals surface area (Å²) in [5.74, 6) is -2.93. The molecule has 3 rings (SSSR count). The van der Waals surface area contributed by atoms with Gasteiger partial charge in [-0.1, -0.05) is 12.1 Å². The van der Waals surface area contributed by atoms with Gasteiger partial charge in [0.1, 0.15) is 5.75 Å². The number of thiophene rings is 1. The average Bonchev–Trinajstić information content (AvgIpc) is 3.22. The van der Waals surface area contributed by atoms with Crippen molar-refractivity contribution < 1.29 is 73.2 Å². The first-order valence-electron chi connectivity index (χ1n) is 9.66. The average molecular weight is 521 g/mol. The molecule has 2 heterocycles. The van der Waals surface area contributed by atoms with E-state index < -0.39 is 54.3 Å². The third-order valence-electron chi connectivity index (χ3n) is 4.62. The van der Waals surface area contributed by atoms with E-state index in [2.05, 4.69) is 15.4 Å². The molecule has 182 valence electrons. The molecule has 1 aromatic heterocycles. The number of benzene rings is 1. The van der Waals surface area contributed by atoms with Crippen LogP contribution in [0, 0.1) is 0 Å². The molecular formula is C21H19F3N3NaO6S. The number of carboxylic acids is 1. The molecule has 1 aromatic carbocycles. The Morgan fingerprint density at radius 3 is 2.63 bits per heavy atom. The minimum absolute atomic E-state index is 0. The first-order chi connectivity index (χ1) is 15.9. The number of hydrogen-bond acceptors (Lipinski definition) is 6. The standard InChI is InChI=1S/C21H18F3N3O6S.Na.H/c1-27-8-7-14(28)18(19(27)31)26-20(32)25-13(10-17(29)30)16-6-5-15(34-16)11-3-2-4-12(9-11)33-21(22,23)24;;/h2-9,13,18H,10H2,1H3,(H,29,30)(H2,25,26,32);;/q;+1;-1/t13-,18?;;/m0../s1. The van der Waals surface area contributed by atoms with Crippen molar-refractivity contribution >= 4 is 35.0 Å². The van der Waals surface area contributed by atoms with Gasteiger partial charge in [0.25, 0.3) is 5.91 Å². The molecule has 1 aliphatic heterocycles. The molecule has 2 atom stereocenters. The Labute approximate surface area is 224 Å². The minimum Gasteiger partial charge on any atom is -1.00 e. The number of rotatable bonds is 7. The number of aliphatic carboxylic acids is 1. The second-order valence-corrected chi connectivity index (χ2v) is 8.26. The van der Waals surface area contributed by atoms with Crippen molar-refractivity contribution in [2.45, 2.75) is 24.9 Å². The number of likely N-dealkylation sites (N-methyl/N-ethyl adjacent to an activating group) is 1. The molecule has 1 aliphatic rings. The van der Waals surface area contributed by atoms with Crippen LogP contribution in [0.4, 0.5) is 18.0 Å². The molecule has 0 fully saturated rings. The van der Waals surface area contributed by atoms with E-state index in [0.717, 1.165) is 28.4 Å². The van der Waals surface area contributed by atoms with Gasteiger partial charge in [-0.3, -0.25) is 14.4 Å². The summed E-state index contributed by atoms with van der Waals surface area (Å²) in [6.45, 7) is 0. The van der Waals surface area contributed by atoms with Crippen molar-refractivity contribution in [3.63, 3.8) is 0 Å². The van der Waals surface area contributed by atoms with Crippen molar-refractivity contribution in [3.05, 3.63) is 53.6 Å². The number of ether oxygens (including phenoxy) is 1. The maximum Gasteiger partial charge on any atom is 1.00 e. The van der Waals surface area contributed by atoms with Crippen LogP contribution in [0.5, 0.6) is 5.75 Å². The number of carboxylic acid groups (broad SMARTS) is 1. The van der Waals surface area contributed by atoms with Crippen molar-refractivity contribution in [1.82, 2.24) is 15.5 Å². The van der Waals surface area contributed by atoms with Crippen molar-refractivity contribution in [2.24, 2.45) is 0 Å². The van der Waals surface area contributed by atoms with Crippen molar-refractivity contribution in [2.75, 3.05) is 7.05 Å². The van der Waals surface area contributed by atoms with Crippen LogP contribution >= 0.6 is 11.3 Å². The fourth-order valence-corrected chi connectivity index (χ4v) is 4.14. The fourth-order valence-electron chi connectivity index (χ4n) is 3.08. The number of alkyl halides is 3. The Kier molecular flexibility index (Phi) is 9.49. The Morgan fingerprint density at radius 1 is 1.26 bits per heavy atom. The van der Waals surface area contributed by atoms with E-state index in [-0.39, 0.29) is 31.0 Å². The third-order valence-corrected chi connectivity index (χ3v) is 5.87. The van der Waals surface area contributed by atoms with Crippen LogP contribution in [-0.2, 0) is 14.4 Å². The van der Waals surface area contributed by atoms with E-state index in [4.69, 9.17) is 0 Å².